The van der Waals surface area contributed by atoms with Crippen molar-refractivity contribution in [2.75, 3.05) is 20.1 Å². The van der Waals surface area contributed by atoms with Gasteiger partial charge in [-0.25, -0.2) is 4.98 Å². The van der Waals surface area contributed by atoms with Gasteiger partial charge in [0.2, 0.25) is 0 Å². The van der Waals surface area contributed by atoms with Crippen molar-refractivity contribution in [2.24, 2.45) is 0 Å². The Labute approximate surface area is 81.4 Å². The quantitative estimate of drug-likeness (QED) is 0.670. The smallest absolute Gasteiger partial charge is 0.169 e. The highest BCUT2D eigenvalue weighted by molar-refractivity contribution is 7.09. The molecular formula is C9H12N2OS. The Morgan fingerprint density at radius 1 is 1.77 bits per heavy atom. The Kier molecular flexibility index (Phi) is 2.42. The van der Waals surface area contributed by atoms with Crippen molar-refractivity contribution in [1.29, 1.82) is 0 Å². The van der Waals surface area contributed by atoms with E-state index in [-0.39, 0.29) is 0 Å². The van der Waals surface area contributed by atoms with E-state index >= 15 is 0 Å². The number of nitrogens with zero attached hydrogens (tertiary/aromatic N) is 2. The van der Waals surface area contributed by atoms with Crippen LogP contribution in [0.4, 0.5) is 0 Å². The summed E-state index contributed by atoms with van der Waals surface area (Å²) in [6.07, 6.45) is 1.99. The third-order valence-corrected chi connectivity index (χ3v) is 3.43. The van der Waals surface area contributed by atoms with Crippen molar-refractivity contribution in [3.63, 3.8) is 0 Å². The number of hydrogen-bond acceptors (Lipinski definition) is 4. The normalized spacial score (nSPS) is 23.6. The molecular weight excluding hydrogens is 184 g/mol. The molecule has 1 unspecified atom stereocenters. The van der Waals surface area contributed by atoms with Crippen LogP contribution in [0.5, 0.6) is 0 Å². The lowest BCUT2D eigenvalue weighted by Crippen LogP contribution is -2.13. The molecule has 1 aliphatic heterocycles. The predicted molar refractivity (Wildman–Crippen MR) is 52.4 cm³/mol. The number of thiazole rings is 1. The maximum Gasteiger partial charge on any atom is 0.169 e. The van der Waals surface area contributed by atoms with E-state index in [0.717, 1.165) is 24.4 Å². The summed E-state index contributed by atoms with van der Waals surface area (Å²) in [5, 5.41) is 2.95. The molecule has 1 aliphatic rings. The van der Waals surface area contributed by atoms with Crippen LogP contribution in [0.15, 0.2) is 5.38 Å². The van der Waals surface area contributed by atoms with Gasteiger partial charge in [0.15, 0.2) is 6.29 Å². The molecule has 1 fully saturated rings. The van der Waals surface area contributed by atoms with Gasteiger partial charge in [0.1, 0.15) is 5.69 Å². The third kappa shape index (κ3) is 1.78. The van der Waals surface area contributed by atoms with E-state index in [1.165, 1.54) is 6.42 Å². The Balaban J connectivity index is 2.12. The molecule has 0 N–H and O–H groups in total. The topological polar surface area (TPSA) is 33.2 Å². The molecule has 2 heterocycles. The van der Waals surface area contributed by atoms with Crippen molar-refractivity contribution >= 4 is 17.6 Å². The van der Waals surface area contributed by atoms with Crippen LogP contribution < -0.4 is 0 Å². The van der Waals surface area contributed by atoms with E-state index in [1.54, 1.807) is 11.3 Å². The lowest BCUT2D eigenvalue weighted by Gasteiger charge is -2.06. The van der Waals surface area contributed by atoms with Gasteiger partial charge in [-0.15, -0.1) is 11.3 Å². The first kappa shape index (κ1) is 8.84. The highest BCUT2D eigenvalue weighted by Crippen LogP contribution is 2.28. The molecule has 3 nitrogen and oxygen atoms in total. The van der Waals surface area contributed by atoms with Crippen molar-refractivity contribution in [2.45, 2.75) is 12.3 Å². The molecule has 4 heteroatoms. The van der Waals surface area contributed by atoms with Crippen LogP contribution in [0.25, 0.3) is 0 Å². The van der Waals surface area contributed by atoms with Crippen LogP contribution in [-0.2, 0) is 0 Å². The van der Waals surface area contributed by atoms with Crippen LogP contribution in [0, 0.1) is 0 Å². The zero-order valence-corrected chi connectivity index (χ0v) is 8.38. The fourth-order valence-electron chi connectivity index (χ4n) is 1.68. The largest absolute Gasteiger partial charge is 0.306 e. The van der Waals surface area contributed by atoms with Crippen LogP contribution in [0.2, 0.25) is 0 Å². The molecule has 1 atom stereocenters. The van der Waals surface area contributed by atoms with E-state index in [9.17, 15) is 4.79 Å². The summed E-state index contributed by atoms with van der Waals surface area (Å²) in [6.45, 7) is 2.21. The maximum atomic E-state index is 10.4. The Morgan fingerprint density at radius 2 is 2.62 bits per heavy atom. The minimum absolute atomic E-state index is 0.545. The zero-order valence-electron chi connectivity index (χ0n) is 7.56. The van der Waals surface area contributed by atoms with Crippen molar-refractivity contribution in [1.82, 2.24) is 9.88 Å². The summed E-state index contributed by atoms with van der Waals surface area (Å²) in [6, 6.07) is 0. The van der Waals surface area contributed by atoms with Crippen molar-refractivity contribution < 1.29 is 4.79 Å². The van der Waals surface area contributed by atoms with Crippen molar-refractivity contribution in [3.8, 4) is 0 Å². The number of hydrogen-bond donors (Lipinski definition) is 0. The summed E-state index contributed by atoms with van der Waals surface area (Å²) in [7, 11) is 2.12. The molecule has 2 rings (SSSR count). The Hall–Kier alpha value is -0.740. The SMILES string of the molecule is CN1CCC(c2nc(C=O)cs2)C1. The van der Waals surface area contributed by atoms with Gasteiger partial charge in [0.25, 0.3) is 0 Å². The maximum absolute atomic E-state index is 10.4. The molecule has 0 spiro atoms. The van der Waals surface area contributed by atoms with Crippen LogP contribution >= 0.6 is 11.3 Å². The first-order chi connectivity index (χ1) is 6.29. The highest BCUT2D eigenvalue weighted by Gasteiger charge is 2.23. The lowest BCUT2D eigenvalue weighted by molar-refractivity contribution is 0.111. The van der Waals surface area contributed by atoms with Gasteiger partial charge in [-0.2, -0.15) is 0 Å². The summed E-state index contributed by atoms with van der Waals surface area (Å²) >= 11 is 1.60. The molecule has 0 bridgehead atoms. The molecule has 13 heavy (non-hydrogen) atoms. The van der Waals surface area contributed by atoms with Gasteiger partial charge >= 0.3 is 0 Å². The average Bonchev–Trinajstić information content (AvgIpc) is 2.71. The summed E-state index contributed by atoms with van der Waals surface area (Å²) < 4.78 is 0. The van der Waals surface area contributed by atoms with Crippen molar-refractivity contribution in [3.05, 3.63) is 16.1 Å². The summed E-state index contributed by atoms with van der Waals surface area (Å²) in [5.74, 6) is 0.545. The second-order valence-electron chi connectivity index (χ2n) is 3.48. The molecule has 1 aromatic heterocycles. The standard InChI is InChI=1S/C9H12N2OS/c1-11-3-2-7(4-11)9-10-8(5-12)6-13-9/h5-7H,2-4H2,1H3. The van der Waals surface area contributed by atoms with E-state index in [2.05, 4.69) is 16.9 Å². The lowest BCUT2D eigenvalue weighted by atomic mass is 10.1. The first-order valence-corrected chi connectivity index (χ1v) is 5.26. The minimum atomic E-state index is 0.545. The minimum Gasteiger partial charge on any atom is -0.306 e. The van der Waals surface area contributed by atoms with Gasteiger partial charge in [-0.3, -0.25) is 4.79 Å². The van der Waals surface area contributed by atoms with Gasteiger partial charge in [-0.05, 0) is 20.0 Å². The molecule has 0 aliphatic carbocycles. The predicted octanol–water partition coefficient (Wildman–Crippen LogP) is 1.37. The number of aldehydes is 1. The fourth-order valence-corrected chi connectivity index (χ4v) is 2.57. The molecule has 70 valence electrons. The average molecular weight is 196 g/mol. The zero-order chi connectivity index (χ0) is 9.26. The number of likely N-dealkylation sites (tertiary alicyclic amines) is 1. The van der Waals surface area contributed by atoms with E-state index < -0.39 is 0 Å². The summed E-state index contributed by atoms with van der Waals surface area (Å²) in [5.41, 5.74) is 0.578. The van der Waals surface area contributed by atoms with E-state index in [1.807, 2.05) is 5.38 Å². The molecule has 0 amide bonds. The fraction of sp³-hybridized carbons (Fsp3) is 0.556. The molecule has 1 aromatic rings. The van der Waals surface area contributed by atoms with Crippen LogP contribution in [0.1, 0.15) is 27.8 Å². The second kappa shape index (κ2) is 3.55. The molecule has 1 saturated heterocycles. The van der Waals surface area contributed by atoms with Gasteiger partial charge in [0.05, 0.1) is 5.01 Å². The molecule has 0 aromatic carbocycles. The number of rotatable bonds is 2. The molecule has 0 saturated carbocycles. The number of aromatic nitrogens is 1. The highest BCUT2D eigenvalue weighted by atomic mass is 32.1. The third-order valence-electron chi connectivity index (χ3n) is 2.40. The van der Waals surface area contributed by atoms with Crippen LogP contribution in [0.3, 0.4) is 0 Å². The number of carbonyl (C=O) groups excluding carboxylic acids is 1. The van der Waals surface area contributed by atoms with Gasteiger partial charge < -0.3 is 4.90 Å². The number of carbonyl (C=O) groups is 1. The Morgan fingerprint density at radius 3 is 3.15 bits per heavy atom. The van der Waals surface area contributed by atoms with Gasteiger partial charge in [0, 0.05) is 17.8 Å². The van der Waals surface area contributed by atoms with E-state index in [4.69, 9.17) is 0 Å². The summed E-state index contributed by atoms with van der Waals surface area (Å²) in [4.78, 5) is 17.0. The first-order valence-electron chi connectivity index (χ1n) is 4.38. The van der Waals surface area contributed by atoms with E-state index in [0.29, 0.717) is 11.6 Å². The number of likely N-dealkylation sites (N-methyl/N-ethyl adjacent to an activating group) is 1. The van der Waals surface area contributed by atoms with Gasteiger partial charge in [-0.1, -0.05) is 0 Å². The second-order valence-corrected chi connectivity index (χ2v) is 4.37. The monoisotopic (exact) mass is 196 g/mol. The Bertz CT molecular complexity index is 310. The van der Waals surface area contributed by atoms with Crippen LogP contribution in [-0.4, -0.2) is 36.3 Å². The molecule has 0 radical (unpaired) electrons.